The molecule has 0 bridgehead atoms. The van der Waals surface area contributed by atoms with Gasteiger partial charge in [-0.3, -0.25) is 14.3 Å². The maximum atomic E-state index is 12.9. The van der Waals surface area contributed by atoms with E-state index in [4.69, 9.17) is 0 Å². The summed E-state index contributed by atoms with van der Waals surface area (Å²) in [6.07, 6.45) is 6.43. The molecule has 2 saturated heterocycles. The second-order valence-electron chi connectivity index (χ2n) is 8.01. The van der Waals surface area contributed by atoms with Crippen molar-refractivity contribution >= 4 is 24.2 Å². The molecule has 3 aliphatic rings. The number of carbonyl (C=O) groups is 2. The number of nitrogens with zero attached hydrogens (tertiary/aromatic N) is 3. The second kappa shape index (κ2) is 8.61. The van der Waals surface area contributed by atoms with Gasteiger partial charge in [0.1, 0.15) is 0 Å². The van der Waals surface area contributed by atoms with Crippen LogP contribution in [-0.2, 0) is 11.8 Å². The lowest BCUT2D eigenvalue weighted by molar-refractivity contribution is -0.123. The summed E-state index contributed by atoms with van der Waals surface area (Å²) in [5, 5.41) is 10.7. The Hall–Kier alpha value is -1.60. The number of nitrogens with one attached hydrogen (secondary N) is 2. The molecule has 3 heterocycles. The summed E-state index contributed by atoms with van der Waals surface area (Å²) in [6, 6.07) is 1.93. The summed E-state index contributed by atoms with van der Waals surface area (Å²) in [5.41, 5.74) is 1.74. The average Bonchev–Trinajstić information content (AvgIpc) is 3.19. The monoisotopic (exact) mass is 395 g/mol. The number of amides is 2. The predicted octanol–water partition coefficient (Wildman–Crippen LogP) is 1.44. The zero-order chi connectivity index (χ0) is 18.1. The molecule has 2 aliphatic heterocycles. The third kappa shape index (κ3) is 4.63. The summed E-state index contributed by atoms with van der Waals surface area (Å²) in [7, 11) is 1.93. The van der Waals surface area contributed by atoms with Crippen LogP contribution < -0.4 is 10.6 Å². The van der Waals surface area contributed by atoms with Crippen LogP contribution >= 0.6 is 12.4 Å². The van der Waals surface area contributed by atoms with Crippen LogP contribution in [0.2, 0.25) is 0 Å². The van der Waals surface area contributed by atoms with Crippen molar-refractivity contribution in [1.29, 1.82) is 0 Å². The van der Waals surface area contributed by atoms with Gasteiger partial charge in [0.05, 0.1) is 6.04 Å². The Bertz CT molecular complexity index is 682. The standard InChI is InChI=1S/C19H29N5O2.ClH/c1-23-17(14-6-7-14)10-16(22-23)19(26)24-9-3-4-13(12-24)11-21-18(25)15-5-2-8-20-15;/h10,13-15,20H,2-9,11-12H2,1H3,(H,21,25);1H. The molecule has 2 unspecified atom stereocenters. The van der Waals surface area contributed by atoms with Crippen LogP contribution in [0.15, 0.2) is 6.07 Å². The number of hydrogen-bond acceptors (Lipinski definition) is 4. The quantitative estimate of drug-likeness (QED) is 0.790. The van der Waals surface area contributed by atoms with Gasteiger partial charge in [-0.1, -0.05) is 0 Å². The first-order chi connectivity index (χ1) is 12.6. The third-order valence-electron chi connectivity index (χ3n) is 5.88. The summed E-state index contributed by atoms with van der Waals surface area (Å²) < 4.78 is 1.86. The fourth-order valence-electron chi connectivity index (χ4n) is 4.20. The number of hydrogen-bond donors (Lipinski definition) is 2. The Kier molecular flexibility index (Phi) is 6.42. The van der Waals surface area contributed by atoms with Gasteiger partial charge in [-0.05, 0) is 57.1 Å². The molecule has 2 amide bonds. The minimum absolute atomic E-state index is 0. The molecule has 0 radical (unpaired) electrons. The molecule has 3 fully saturated rings. The van der Waals surface area contributed by atoms with E-state index < -0.39 is 0 Å². The lowest BCUT2D eigenvalue weighted by Gasteiger charge is -2.32. The first-order valence-corrected chi connectivity index (χ1v) is 9.96. The lowest BCUT2D eigenvalue weighted by Crippen LogP contribution is -2.46. The first-order valence-electron chi connectivity index (χ1n) is 9.96. The number of likely N-dealkylation sites (tertiary alicyclic amines) is 1. The number of halogens is 1. The zero-order valence-corrected chi connectivity index (χ0v) is 16.8. The Morgan fingerprint density at radius 3 is 2.78 bits per heavy atom. The molecular formula is C19H30ClN5O2. The highest BCUT2D eigenvalue weighted by Gasteiger charge is 2.31. The fraction of sp³-hybridized carbons (Fsp3) is 0.737. The summed E-state index contributed by atoms with van der Waals surface area (Å²) in [6.45, 7) is 3.06. The molecular weight excluding hydrogens is 366 g/mol. The van der Waals surface area contributed by atoms with E-state index in [0.717, 1.165) is 38.8 Å². The van der Waals surface area contributed by atoms with Gasteiger partial charge in [0, 0.05) is 38.3 Å². The predicted molar refractivity (Wildman–Crippen MR) is 105 cm³/mol. The molecule has 1 aliphatic carbocycles. The minimum Gasteiger partial charge on any atom is -0.354 e. The molecule has 4 rings (SSSR count). The molecule has 1 saturated carbocycles. The van der Waals surface area contributed by atoms with Crippen LogP contribution in [0, 0.1) is 5.92 Å². The van der Waals surface area contributed by atoms with E-state index in [1.807, 2.05) is 22.7 Å². The average molecular weight is 396 g/mol. The topological polar surface area (TPSA) is 79.3 Å². The van der Waals surface area contributed by atoms with Gasteiger partial charge >= 0.3 is 0 Å². The van der Waals surface area contributed by atoms with Crippen LogP contribution in [0.1, 0.15) is 60.6 Å². The lowest BCUT2D eigenvalue weighted by atomic mass is 9.97. The molecule has 0 spiro atoms. The van der Waals surface area contributed by atoms with Gasteiger partial charge in [-0.2, -0.15) is 5.10 Å². The van der Waals surface area contributed by atoms with Crippen molar-refractivity contribution in [3.8, 4) is 0 Å². The van der Waals surface area contributed by atoms with Crippen molar-refractivity contribution in [3.05, 3.63) is 17.5 Å². The van der Waals surface area contributed by atoms with Gasteiger partial charge in [-0.15, -0.1) is 12.4 Å². The van der Waals surface area contributed by atoms with E-state index in [-0.39, 0.29) is 30.3 Å². The second-order valence-corrected chi connectivity index (χ2v) is 8.01. The fourth-order valence-corrected chi connectivity index (χ4v) is 4.20. The Labute approximate surface area is 166 Å². The number of aryl methyl sites for hydroxylation is 1. The maximum absolute atomic E-state index is 12.9. The zero-order valence-electron chi connectivity index (χ0n) is 15.9. The third-order valence-corrected chi connectivity index (χ3v) is 5.88. The Balaban J connectivity index is 0.00000210. The Morgan fingerprint density at radius 1 is 1.26 bits per heavy atom. The largest absolute Gasteiger partial charge is 0.354 e. The van der Waals surface area contributed by atoms with Crippen LogP contribution in [0.25, 0.3) is 0 Å². The smallest absolute Gasteiger partial charge is 0.274 e. The van der Waals surface area contributed by atoms with E-state index in [0.29, 0.717) is 30.6 Å². The van der Waals surface area contributed by atoms with E-state index in [9.17, 15) is 9.59 Å². The highest BCUT2D eigenvalue weighted by Crippen LogP contribution is 2.40. The van der Waals surface area contributed by atoms with Gasteiger partial charge < -0.3 is 15.5 Å². The highest BCUT2D eigenvalue weighted by atomic mass is 35.5. The van der Waals surface area contributed by atoms with E-state index in [2.05, 4.69) is 15.7 Å². The molecule has 0 aromatic carbocycles. The van der Waals surface area contributed by atoms with Crippen molar-refractivity contribution in [2.45, 2.75) is 50.5 Å². The van der Waals surface area contributed by atoms with Crippen molar-refractivity contribution in [2.75, 3.05) is 26.2 Å². The van der Waals surface area contributed by atoms with Crippen LogP contribution in [0.5, 0.6) is 0 Å². The minimum atomic E-state index is -0.0364. The SMILES string of the molecule is Cl.Cn1nc(C(=O)N2CCCC(CNC(=O)C3CCCN3)C2)cc1C1CC1. The molecule has 7 nitrogen and oxygen atoms in total. The van der Waals surface area contributed by atoms with Gasteiger partial charge in [-0.25, -0.2) is 0 Å². The van der Waals surface area contributed by atoms with Crippen molar-refractivity contribution in [3.63, 3.8) is 0 Å². The van der Waals surface area contributed by atoms with E-state index >= 15 is 0 Å². The molecule has 8 heteroatoms. The van der Waals surface area contributed by atoms with Gasteiger partial charge in [0.25, 0.3) is 5.91 Å². The molecule has 2 N–H and O–H groups in total. The van der Waals surface area contributed by atoms with Crippen LogP contribution in [0.4, 0.5) is 0 Å². The molecule has 27 heavy (non-hydrogen) atoms. The van der Waals surface area contributed by atoms with Crippen molar-refractivity contribution in [1.82, 2.24) is 25.3 Å². The number of aromatic nitrogens is 2. The van der Waals surface area contributed by atoms with E-state index in [1.165, 1.54) is 18.5 Å². The first kappa shape index (κ1) is 20.1. The number of carbonyl (C=O) groups excluding carboxylic acids is 2. The van der Waals surface area contributed by atoms with Crippen molar-refractivity contribution < 1.29 is 9.59 Å². The summed E-state index contributed by atoms with van der Waals surface area (Å²) >= 11 is 0. The number of piperidine rings is 1. The van der Waals surface area contributed by atoms with E-state index in [1.54, 1.807) is 0 Å². The molecule has 2 atom stereocenters. The number of rotatable bonds is 5. The normalized spacial score (nSPS) is 25.1. The highest BCUT2D eigenvalue weighted by molar-refractivity contribution is 5.92. The van der Waals surface area contributed by atoms with Crippen molar-refractivity contribution in [2.24, 2.45) is 13.0 Å². The van der Waals surface area contributed by atoms with Gasteiger partial charge in [0.2, 0.25) is 5.91 Å². The van der Waals surface area contributed by atoms with Crippen LogP contribution in [0.3, 0.4) is 0 Å². The summed E-state index contributed by atoms with van der Waals surface area (Å²) in [5.74, 6) is 1.04. The summed E-state index contributed by atoms with van der Waals surface area (Å²) in [4.78, 5) is 26.9. The Morgan fingerprint density at radius 2 is 2.07 bits per heavy atom. The molecule has 1 aromatic heterocycles. The molecule has 150 valence electrons. The maximum Gasteiger partial charge on any atom is 0.274 e. The van der Waals surface area contributed by atoms with Gasteiger partial charge in [0.15, 0.2) is 5.69 Å². The molecule has 1 aromatic rings. The van der Waals surface area contributed by atoms with Crippen LogP contribution in [-0.4, -0.2) is 58.7 Å².